The van der Waals surface area contributed by atoms with Gasteiger partial charge in [0.25, 0.3) is 0 Å². The summed E-state index contributed by atoms with van der Waals surface area (Å²) in [6, 6.07) is 0. The van der Waals surface area contributed by atoms with E-state index in [1.165, 1.54) is 0 Å². The maximum atomic E-state index is 8.43. The molecule has 0 spiro atoms. The van der Waals surface area contributed by atoms with E-state index in [0.29, 0.717) is 0 Å². The van der Waals surface area contributed by atoms with Crippen molar-refractivity contribution in [3.8, 4) is 0 Å². The van der Waals surface area contributed by atoms with Crippen molar-refractivity contribution in [2.45, 2.75) is 0 Å². The van der Waals surface area contributed by atoms with Gasteiger partial charge in [-0.2, -0.15) is 0 Å². The maximum Gasteiger partial charge on any atom is 1.00 e. The molecule has 0 saturated carbocycles. The van der Waals surface area contributed by atoms with Gasteiger partial charge in [-0.1, -0.05) is 0 Å². The molecule has 0 aromatic heterocycles. The SMILES string of the molecule is CO[O-].[K+]. The largest absolute Gasteiger partial charge is 1.00 e. The summed E-state index contributed by atoms with van der Waals surface area (Å²) in [4.78, 5) is 3.00. The summed E-state index contributed by atoms with van der Waals surface area (Å²) in [6.45, 7) is 0. The first-order valence-corrected chi connectivity index (χ1v) is 0.575. The predicted molar refractivity (Wildman–Crippen MR) is 7.01 cm³/mol. The van der Waals surface area contributed by atoms with Crippen LogP contribution in [0.2, 0.25) is 0 Å². The fourth-order valence-corrected chi connectivity index (χ4v) is 0. The Balaban J connectivity index is 0. The minimum absolute atomic E-state index is 0. The summed E-state index contributed by atoms with van der Waals surface area (Å²) >= 11 is 0. The number of hydrogen-bond donors (Lipinski definition) is 0. The average molecular weight is 86.1 g/mol. The van der Waals surface area contributed by atoms with Gasteiger partial charge in [0.2, 0.25) is 0 Å². The molecule has 0 heterocycles. The van der Waals surface area contributed by atoms with Crippen molar-refractivity contribution < 1.29 is 61.5 Å². The molecule has 0 atom stereocenters. The molecule has 0 bridgehead atoms. The van der Waals surface area contributed by atoms with Crippen LogP contribution in [0.5, 0.6) is 0 Å². The quantitative estimate of drug-likeness (QED) is 0.170. The van der Waals surface area contributed by atoms with E-state index in [0.717, 1.165) is 7.11 Å². The van der Waals surface area contributed by atoms with Crippen LogP contribution in [0.1, 0.15) is 0 Å². The Morgan fingerprint density at radius 1 is 1.75 bits per heavy atom. The van der Waals surface area contributed by atoms with E-state index in [1.807, 2.05) is 0 Å². The van der Waals surface area contributed by atoms with E-state index in [4.69, 9.17) is 5.26 Å². The predicted octanol–water partition coefficient (Wildman–Crippen LogP) is -4.09. The van der Waals surface area contributed by atoms with Crippen molar-refractivity contribution in [1.29, 1.82) is 0 Å². The van der Waals surface area contributed by atoms with Crippen LogP contribution in [0.15, 0.2) is 0 Å². The normalized spacial score (nSPS) is 4.50. The fourth-order valence-electron chi connectivity index (χ4n) is 0. The van der Waals surface area contributed by atoms with Crippen molar-refractivity contribution >= 4 is 0 Å². The molecule has 0 N–H and O–H groups in total. The van der Waals surface area contributed by atoms with E-state index in [-0.39, 0.29) is 51.4 Å². The van der Waals surface area contributed by atoms with Crippen LogP contribution in [0.25, 0.3) is 0 Å². The standard InChI is InChI=1S/CH4O2.K/c1-3-2;/h2H,1H3;/q;+1/p-1. The molecular formula is CH3KO2. The third-order valence-electron chi connectivity index (χ3n) is 0. The Labute approximate surface area is 67.5 Å². The van der Waals surface area contributed by atoms with Crippen molar-refractivity contribution in [3.05, 3.63) is 0 Å². The zero-order chi connectivity index (χ0) is 2.71. The fraction of sp³-hybridized carbons (Fsp3) is 1.00. The molecule has 0 fully saturated rings. The molecule has 2 nitrogen and oxygen atoms in total. The Morgan fingerprint density at radius 3 is 1.75 bits per heavy atom. The smallest absolute Gasteiger partial charge is 0.724 e. The van der Waals surface area contributed by atoms with Gasteiger partial charge < -0.3 is 10.1 Å². The van der Waals surface area contributed by atoms with E-state index < -0.39 is 0 Å². The van der Waals surface area contributed by atoms with Crippen molar-refractivity contribution in [2.24, 2.45) is 0 Å². The molecule has 20 valence electrons. The number of hydrogen-bond acceptors (Lipinski definition) is 2. The van der Waals surface area contributed by atoms with Gasteiger partial charge >= 0.3 is 51.4 Å². The maximum absolute atomic E-state index is 8.43. The Morgan fingerprint density at radius 2 is 1.75 bits per heavy atom. The van der Waals surface area contributed by atoms with E-state index in [2.05, 4.69) is 4.89 Å². The molecule has 0 amide bonds. The summed E-state index contributed by atoms with van der Waals surface area (Å²) in [5.41, 5.74) is 0. The van der Waals surface area contributed by atoms with Crippen molar-refractivity contribution in [2.75, 3.05) is 7.11 Å². The van der Waals surface area contributed by atoms with Crippen LogP contribution in [-0.4, -0.2) is 7.11 Å². The molecule has 3 heteroatoms. The monoisotopic (exact) mass is 86.0 g/mol. The van der Waals surface area contributed by atoms with E-state index in [1.54, 1.807) is 0 Å². The first kappa shape index (κ1) is 9.12. The molecule has 0 aliphatic carbocycles. The zero-order valence-corrected chi connectivity index (χ0v) is 5.94. The third-order valence-corrected chi connectivity index (χ3v) is 0. The van der Waals surface area contributed by atoms with Crippen molar-refractivity contribution in [1.82, 2.24) is 0 Å². The molecule has 0 aromatic carbocycles. The first-order valence-electron chi connectivity index (χ1n) is 0.575. The topological polar surface area (TPSA) is 32.3 Å². The van der Waals surface area contributed by atoms with Crippen LogP contribution in [-0.2, 0) is 4.89 Å². The first-order chi connectivity index (χ1) is 1.41. The van der Waals surface area contributed by atoms with Gasteiger partial charge in [0.15, 0.2) is 0 Å². The minimum atomic E-state index is 0. The Kier molecular flexibility index (Phi) is 20.1. The van der Waals surface area contributed by atoms with Crippen LogP contribution < -0.4 is 56.6 Å². The summed E-state index contributed by atoms with van der Waals surface area (Å²) in [5.74, 6) is 0. The Hall–Kier alpha value is 1.56. The van der Waals surface area contributed by atoms with Crippen LogP contribution in [0.3, 0.4) is 0 Å². The second-order valence-electron chi connectivity index (χ2n) is 0.167. The van der Waals surface area contributed by atoms with Crippen LogP contribution in [0.4, 0.5) is 0 Å². The van der Waals surface area contributed by atoms with E-state index >= 15 is 0 Å². The second-order valence-corrected chi connectivity index (χ2v) is 0.167. The zero-order valence-electron chi connectivity index (χ0n) is 2.82. The van der Waals surface area contributed by atoms with Crippen molar-refractivity contribution in [3.63, 3.8) is 0 Å². The molecule has 0 unspecified atom stereocenters. The van der Waals surface area contributed by atoms with Gasteiger partial charge in [-0.25, -0.2) is 0 Å². The van der Waals surface area contributed by atoms with Gasteiger partial charge in [0.05, 0.1) is 0 Å². The van der Waals surface area contributed by atoms with Gasteiger partial charge in [-0.05, 0) is 0 Å². The molecule has 0 aromatic rings. The average Bonchev–Trinajstić information content (AvgIpc) is 0.918. The van der Waals surface area contributed by atoms with Gasteiger partial charge in [-0.3, -0.25) is 0 Å². The van der Waals surface area contributed by atoms with Gasteiger partial charge in [0.1, 0.15) is 0 Å². The summed E-state index contributed by atoms with van der Waals surface area (Å²) in [5, 5.41) is 8.43. The second kappa shape index (κ2) is 8.82. The van der Waals surface area contributed by atoms with Crippen LogP contribution in [0, 0.1) is 0 Å². The molecule has 4 heavy (non-hydrogen) atoms. The molecule has 0 aliphatic rings. The van der Waals surface area contributed by atoms with Gasteiger partial charge in [0, 0.05) is 7.11 Å². The third kappa shape index (κ3) is 9.59. The minimum Gasteiger partial charge on any atom is -0.724 e. The van der Waals surface area contributed by atoms with Gasteiger partial charge in [-0.15, -0.1) is 0 Å². The summed E-state index contributed by atoms with van der Waals surface area (Å²) in [6.07, 6.45) is 0. The Bertz CT molecular complexity index is 6.00. The summed E-state index contributed by atoms with van der Waals surface area (Å²) in [7, 11) is 1.07. The van der Waals surface area contributed by atoms with E-state index in [9.17, 15) is 0 Å². The molecule has 0 saturated heterocycles. The molecular weight excluding hydrogens is 83.1 g/mol. The molecule has 0 rings (SSSR count). The molecule has 0 aliphatic heterocycles. The number of rotatable bonds is 0. The summed E-state index contributed by atoms with van der Waals surface area (Å²) < 4.78 is 0. The molecule has 0 radical (unpaired) electrons. The van der Waals surface area contributed by atoms with Crippen LogP contribution >= 0.6 is 0 Å².